The summed E-state index contributed by atoms with van der Waals surface area (Å²) in [6.45, 7) is 7.13. The number of halogens is 2. The van der Waals surface area contributed by atoms with Crippen LogP contribution in [0.3, 0.4) is 0 Å². The minimum Gasteiger partial charge on any atom is -0.354 e. The molecule has 0 aliphatic carbocycles. The van der Waals surface area contributed by atoms with Gasteiger partial charge in [-0.3, -0.25) is 4.79 Å². The van der Waals surface area contributed by atoms with Crippen LogP contribution in [0.15, 0.2) is 36.5 Å². The highest BCUT2D eigenvalue weighted by atomic mass is 35.5. The van der Waals surface area contributed by atoms with Crippen molar-refractivity contribution < 1.29 is 9.18 Å². The van der Waals surface area contributed by atoms with Gasteiger partial charge in [-0.05, 0) is 36.9 Å². The molecule has 1 fully saturated rings. The van der Waals surface area contributed by atoms with Crippen LogP contribution < -0.4 is 10.2 Å². The Hall–Kier alpha value is -2.18. The summed E-state index contributed by atoms with van der Waals surface area (Å²) in [6, 6.07) is 7.66. The molecule has 2 heterocycles. The number of hydrogen-bond acceptors (Lipinski definition) is 4. The van der Waals surface area contributed by atoms with E-state index in [2.05, 4.69) is 27.0 Å². The quantitative estimate of drug-likeness (QED) is 0.906. The number of amides is 1. The molecule has 3 rings (SSSR count). The Bertz CT molecular complexity index is 745. The second-order valence-corrected chi connectivity index (χ2v) is 6.32. The van der Waals surface area contributed by atoms with Crippen molar-refractivity contribution in [1.29, 1.82) is 0 Å². The summed E-state index contributed by atoms with van der Waals surface area (Å²) in [5.74, 6) is 0.0449. The largest absolute Gasteiger partial charge is 0.354 e. The Labute approximate surface area is 151 Å². The van der Waals surface area contributed by atoms with Crippen LogP contribution in [0.25, 0.3) is 0 Å². The number of pyridine rings is 1. The number of nitrogens with one attached hydrogen (secondary N) is 1. The van der Waals surface area contributed by atoms with Gasteiger partial charge in [-0.1, -0.05) is 18.5 Å². The SMILES string of the molecule is CCN1CCN(c2ccc(C(=O)Nc3ccc(F)c(Cl)c3)cn2)CC1. The van der Waals surface area contributed by atoms with Crippen LogP contribution >= 0.6 is 11.6 Å². The van der Waals surface area contributed by atoms with Crippen LogP contribution in [0.5, 0.6) is 0 Å². The maximum absolute atomic E-state index is 13.2. The van der Waals surface area contributed by atoms with Crippen molar-refractivity contribution in [2.45, 2.75) is 6.92 Å². The van der Waals surface area contributed by atoms with Crippen LogP contribution in [0, 0.1) is 5.82 Å². The van der Waals surface area contributed by atoms with Crippen LogP contribution in [-0.2, 0) is 0 Å². The molecule has 0 bridgehead atoms. The smallest absolute Gasteiger partial charge is 0.257 e. The standard InChI is InChI=1S/C18H20ClFN4O/c1-2-23-7-9-24(10-8-23)17-6-3-13(12-21-17)18(25)22-14-4-5-16(20)15(19)11-14/h3-6,11-12H,2,7-10H2,1H3,(H,22,25). The minimum absolute atomic E-state index is 0.0301. The Kier molecular flexibility index (Phi) is 5.50. The summed E-state index contributed by atoms with van der Waals surface area (Å²) in [4.78, 5) is 21.3. The molecule has 1 amide bonds. The number of nitrogens with zero attached hydrogens (tertiary/aromatic N) is 3. The van der Waals surface area contributed by atoms with E-state index in [1.54, 1.807) is 12.3 Å². The number of benzene rings is 1. The number of hydrogen-bond donors (Lipinski definition) is 1. The lowest BCUT2D eigenvalue weighted by molar-refractivity contribution is 0.102. The zero-order valence-electron chi connectivity index (χ0n) is 14.0. The predicted molar refractivity (Wildman–Crippen MR) is 97.9 cm³/mol. The Morgan fingerprint density at radius 1 is 1.24 bits per heavy atom. The van der Waals surface area contributed by atoms with E-state index in [1.807, 2.05) is 6.07 Å². The molecule has 1 aliphatic rings. The maximum Gasteiger partial charge on any atom is 0.257 e. The Morgan fingerprint density at radius 3 is 2.60 bits per heavy atom. The molecule has 0 unspecified atom stereocenters. The lowest BCUT2D eigenvalue weighted by Crippen LogP contribution is -2.46. The molecule has 5 nitrogen and oxygen atoms in total. The molecule has 1 saturated heterocycles. The van der Waals surface area contributed by atoms with Crippen molar-refractivity contribution in [1.82, 2.24) is 9.88 Å². The van der Waals surface area contributed by atoms with E-state index in [0.29, 0.717) is 11.3 Å². The number of anilines is 2. The van der Waals surface area contributed by atoms with Crippen LogP contribution in [0.2, 0.25) is 5.02 Å². The molecular weight excluding hydrogens is 343 g/mol. The van der Waals surface area contributed by atoms with Crippen molar-refractivity contribution in [2.24, 2.45) is 0 Å². The molecule has 0 atom stereocenters. The van der Waals surface area contributed by atoms with Crippen LogP contribution in [0.4, 0.5) is 15.9 Å². The number of likely N-dealkylation sites (N-methyl/N-ethyl adjacent to an activating group) is 1. The molecule has 0 spiro atoms. The lowest BCUT2D eigenvalue weighted by Gasteiger charge is -2.34. The van der Waals surface area contributed by atoms with E-state index in [1.165, 1.54) is 18.2 Å². The molecule has 1 aromatic carbocycles. The second-order valence-electron chi connectivity index (χ2n) is 5.91. The summed E-state index contributed by atoms with van der Waals surface area (Å²) in [5.41, 5.74) is 0.882. The molecule has 1 aromatic heterocycles. The van der Waals surface area contributed by atoms with Crippen molar-refractivity contribution in [3.8, 4) is 0 Å². The fourth-order valence-electron chi connectivity index (χ4n) is 2.78. The summed E-state index contributed by atoms with van der Waals surface area (Å²) < 4.78 is 13.2. The molecule has 1 aliphatic heterocycles. The zero-order valence-corrected chi connectivity index (χ0v) is 14.8. The van der Waals surface area contributed by atoms with Gasteiger partial charge >= 0.3 is 0 Å². The highest BCUT2D eigenvalue weighted by Crippen LogP contribution is 2.20. The van der Waals surface area contributed by atoms with E-state index in [-0.39, 0.29) is 10.9 Å². The van der Waals surface area contributed by atoms with Crippen molar-refractivity contribution in [3.63, 3.8) is 0 Å². The van der Waals surface area contributed by atoms with Crippen molar-refractivity contribution >= 4 is 29.0 Å². The van der Waals surface area contributed by atoms with E-state index >= 15 is 0 Å². The number of aromatic nitrogens is 1. The van der Waals surface area contributed by atoms with Gasteiger partial charge in [0, 0.05) is 38.1 Å². The maximum atomic E-state index is 13.2. The highest BCUT2D eigenvalue weighted by molar-refractivity contribution is 6.31. The van der Waals surface area contributed by atoms with Gasteiger partial charge in [-0.25, -0.2) is 9.37 Å². The predicted octanol–water partition coefficient (Wildman–Crippen LogP) is 3.27. The molecular formula is C18H20ClFN4O. The second kappa shape index (κ2) is 7.80. The molecule has 0 radical (unpaired) electrons. The molecule has 132 valence electrons. The normalized spacial score (nSPS) is 15.2. The average Bonchev–Trinajstić information content (AvgIpc) is 2.65. The summed E-state index contributed by atoms with van der Waals surface area (Å²) in [6.07, 6.45) is 1.56. The topological polar surface area (TPSA) is 48.5 Å². The van der Waals surface area contributed by atoms with Crippen LogP contribution in [0.1, 0.15) is 17.3 Å². The summed E-state index contributed by atoms with van der Waals surface area (Å²) in [5, 5.41) is 2.66. The first-order chi connectivity index (χ1) is 12.1. The monoisotopic (exact) mass is 362 g/mol. The highest BCUT2D eigenvalue weighted by Gasteiger charge is 2.17. The van der Waals surface area contributed by atoms with E-state index in [4.69, 9.17) is 11.6 Å². The van der Waals surface area contributed by atoms with Crippen molar-refractivity contribution in [3.05, 3.63) is 52.9 Å². The van der Waals surface area contributed by atoms with Gasteiger partial charge in [0.1, 0.15) is 11.6 Å². The minimum atomic E-state index is -0.520. The molecule has 1 N–H and O–H groups in total. The number of rotatable bonds is 4. The lowest BCUT2D eigenvalue weighted by atomic mass is 10.2. The molecule has 0 saturated carbocycles. The molecule has 7 heteroatoms. The van der Waals surface area contributed by atoms with Gasteiger partial charge in [0.05, 0.1) is 10.6 Å². The first-order valence-corrected chi connectivity index (χ1v) is 8.64. The number of carbonyl (C=O) groups excluding carboxylic acids is 1. The third kappa shape index (κ3) is 4.27. The van der Waals surface area contributed by atoms with Crippen LogP contribution in [-0.4, -0.2) is 48.5 Å². The average molecular weight is 363 g/mol. The Morgan fingerprint density at radius 2 is 2.00 bits per heavy atom. The van der Waals surface area contributed by atoms with E-state index in [9.17, 15) is 9.18 Å². The first-order valence-electron chi connectivity index (χ1n) is 8.26. The number of carbonyl (C=O) groups is 1. The summed E-state index contributed by atoms with van der Waals surface area (Å²) in [7, 11) is 0. The third-order valence-electron chi connectivity index (χ3n) is 4.33. The number of piperazine rings is 1. The van der Waals surface area contributed by atoms with Gasteiger partial charge in [-0.15, -0.1) is 0 Å². The van der Waals surface area contributed by atoms with E-state index in [0.717, 1.165) is 38.5 Å². The molecule has 25 heavy (non-hydrogen) atoms. The van der Waals surface area contributed by atoms with E-state index < -0.39 is 5.82 Å². The van der Waals surface area contributed by atoms with Gasteiger partial charge < -0.3 is 15.1 Å². The first kappa shape index (κ1) is 17.6. The Balaban J connectivity index is 1.63. The molecule has 2 aromatic rings. The van der Waals surface area contributed by atoms with Gasteiger partial charge in [-0.2, -0.15) is 0 Å². The summed E-state index contributed by atoms with van der Waals surface area (Å²) >= 11 is 5.72. The zero-order chi connectivity index (χ0) is 17.8. The van der Waals surface area contributed by atoms with Crippen molar-refractivity contribution in [2.75, 3.05) is 42.9 Å². The fourth-order valence-corrected chi connectivity index (χ4v) is 2.96. The third-order valence-corrected chi connectivity index (χ3v) is 4.62. The fraction of sp³-hybridized carbons (Fsp3) is 0.333. The van der Waals surface area contributed by atoms with Gasteiger partial charge in [0.2, 0.25) is 0 Å². The van der Waals surface area contributed by atoms with Gasteiger partial charge in [0.15, 0.2) is 0 Å². The van der Waals surface area contributed by atoms with Gasteiger partial charge in [0.25, 0.3) is 5.91 Å².